The van der Waals surface area contributed by atoms with Crippen LogP contribution in [0.25, 0.3) is 0 Å². The molecular weight excluding hydrogens is 434 g/mol. The SMILES string of the molecule is CC(=O)NC1C(OCCCc2ccccc2)OC(COC(C)=O)C(OC(C)=O)C1OC(C)=O. The van der Waals surface area contributed by atoms with Crippen molar-refractivity contribution < 1.29 is 42.9 Å². The van der Waals surface area contributed by atoms with E-state index >= 15 is 0 Å². The molecule has 0 radical (unpaired) electrons. The van der Waals surface area contributed by atoms with Crippen LogP contribution in [0.3, 0.4) is 0 Å². The van der Waals surface area contributed by atoms with Gasteiger partial charge in [-0.05, 0) is 18.4 Å². The van der Waals surface area contributed by atoms with Crippen LogP contribution in [0.5, 0.6) is 0 Å². The van der Waals surface area contributed by atoms with Crippen molar-refractivity contribution >= 4 is 23.8 Å². The van der Waals surface area contributed by atoms with Crippen LogP contribution in [0.1, 0.15) is 39.7 Å². The summed E-state index contributed by atoms with van der Waals surface area (Å²) in [6.45, 7) is 4.92. The zero-order valence-corrected chi connectivity index (χ0v) is 19.3. The molecule has 1 aromatic carbocycles. The lowest BCUT2D eigenvalue weighted by Crippen LogP contribution is -2.66. The molecule has 1 aliphatic rings. The molecule has 33 heavy (non-hydrogen) atoms. The number of amides is 1. The van der Waals surface area contributed by atoms with Gasteiger partial charge >= 0.3 is 17.9 Å². The molecule has 182 valence electrons. The van der Waals surface area contributed by atoms with Gasteiger partial charge in [0.25, 0.3) is 0 Å². The largest absolute Gasteiger partial charge is 0.463 e. The summed E-state index contributed by atoms with van der Waals surface area (Å²) in [5, 5.41) is 2.67. The molecule has 5 unspecified atom stereocenters. The zero-order valence-electron chi connectivity index (χ0n) is 19.3. The molecule has 1 N–H and O–H groups in total. The highest BCUT2D eigenvalue weighted by atomic mass is 16.7. The van der Waals surface area contributed by atoms with Crippen molar-refractivity contribution in [3.05, 3.63) is 35.9 Å². The summed E-state index contributed by atoms with van der Waals surface area (Å²) in [5.74, 6) is -2.28. The minimum atomic E-state index is -1.13. The van der Waals surface area contributed by atoms with Crippen LogP contribution in [-0.4, -0.2) is 67.7 Å². The Labute approximate surface area is 192 Å². The molecule has 1 saturated heterocycles. The monoisotopic (exact) mass is 465 g/mol. The van der Waals surface area contributed by atoms with E-state index in [1.807, 2.05) is 30.3 Å². The Hall–Kier alpha value is -2.98. The predicted molar refractivity (Wildman–Crippen MR) is 115 cm³/mol. The topological polar surface area (TPSA) is 126 Å². The lowest BCUT2D eigenvalue weighted by atomic mass is 9.96. The van der Waals surface area contributed by atoms with E-state index in [2.05, 4.69) is 5.32 Å². The summed E-state index contributed by atoms with van der Waals surface area (Å²) in [7, 11) is 0. The average Bonchev–Trinajstić information content (AvgIpc) is 2.73. The maximum atomic E-state index is 11.9. The van der Waals surface area contributed by atoms with E-state index in [0.717, 1.165) is 12.0 Å². The molecule has 0 saturated carbocycles. The number of hydrogen-bond acceptors (Lipinski definition) is 9. The minimum Gasteiger partial charge on any atom is -0.463 e. The maximum absolute atomic E-state index is 11.9. The second-order valence-corrected chi connectivity index (χ2v) is 7.68. The first-order chi connectivity index (χ1) is 15.7. The third-order valence-electron chi connectivity index (χ3n) is 4.81. The van der Waals surface area contributed by atoms with Gasteiger partial charge in [0, 0.05) is 27.7 Å². The molecule has 10 nitrogen and oxygen atoms in total. The van der Waals surface area contributed by atoms with Gasteiger partial charge < -0.3 is 29.0 Å². The van der Waals surface area contributed by atoms with Crippen LogP contribution < -0.4 is 5.32 Å². The third kappa shape index (κ3) is 8.82. The molecule has 1 heterocycles. The van der Waals surface area contributed by atoms with E-state index < -0.39 is 54.5 Å². The van der Waals surface area contributed by atoms with Gasteiger partial charge in [0.05, 0.1) is 6.61 Å². The Morgan fingerprint density at radius 1 is 0.909 bits per heavy atom. The van der Waals surface area contributed by atoms with Crippen LogP contribution in [0.2, 0.25) is 0 Å². The fourth-order valence-electron chi connectivity index (χ4n) is 3.55. The zero-order chi connectivity index (χ0) is 24.4. The quantitative estimate of drug-likeness (QED) is 0.309. The fraction of sp³-hybridized carbons (Fsp3) is 0.565. The van der Waals surface area contributed by atoms with Gasteiger partial charge in [-0.2, -0.15) is 0 Å². The lowest BCUT2D eigenvalue weighted by molar-refractivity contribution is -0.277. The van der Waals surface area contributed by atoms with E-state index in [4.69, 9.17) is 23.7 Å². The molecule has 1 aromatic rings. The number of esters is 3. The number of nitrogens with one attached hydrogen (secondary N) is 1. The van der Waals surface area contributed by atoms with E-state index in [1.54, 1.807) is 0 Å². The van der Waals surface area contributed by atoms with Crippen molar-refractivity contribution in [2.75, 3.05) is 13.2 Å². The second kappa shape index (κ2) is 12.9. The highest BCUT2D eigenvalue weighted by Gasteiger charge is 2.51. The smallest absolute Gasteiger partial charge is 0.303 e. The predicted octanol–water partition coefficient (Wildman–Crippen LogP) is 1.29. The van der Waals surface area contributed by atoms with Crippen molar-refractivity contribution in [3.63, 3.8) is 0 Å². The number of aryl methyl sites for hydroxylation is 1. The first-order valence-corrected chi connectivity index (χ1v) is 10.7. The van der Waals surface area contributed by atoms with Gasteiger partial charge in [0.15, 0.2) is 18.5 Å². The van der Waals surface area contributed by atoms with Gasteiger partial charge in [0.2, 0.25) is 5.91 Å². The first-order valence-electron chi connectivity index (χ1n) is 10.7. The Kier molecular flexibility index (Phi) is 10.3. The lowest BCUT2D eigenvalue weighted by Gasteiger charge is -2.44. The molecule has 0 spiro atoms. The van der Waals surface area contributed by atoms with Crippen LogP contribution in [0, 0.1) is 0 Å². The number of carbonyl (C=O) groups excluding carboxylic acids is 4. The summed E-state index contributed by atoms with van der Waals surface area (Å²) in [4.78, 5) is 46.8. The van der Waals surface area contributed by atoms with Gasteiger partial charge in [-0.3, -0.25) is 19.2 Å². The number of hydrogen-bond donors (Lipinski definition) is 1. The van der Waals surface area contributed by atoms with Crippen molar-refractivity contribution in [1.29, 1.82) is 0 Å². The van der Waals surface area contributed by atoms with Gasteiger partial charge in [-0.1, -0.05) is 30.3 Å². The summed E-state index contributed by atoms with van der Waals surface area (Å²) in [6, 6.07) is 8.89. The van der Waals surface area contributed by atoms with Crippen molar-refractivity contribution in [3.8, 4) is 0 Å². The summed E-state index contributed by atoms with van der Waals surface area (Å²) >= 11 is 0. The van der Waals surface area contributed by atoms with Crippen molar-refractivity contribution in [2.45, 2.75) is 71.2 Å². The van der Waals surface area contributed by atoms with Crippen molar-refractivity contribution in [2.24, 2.45) is 0 Å². The van der Waals surface area contributed by atoms with Gasteiger partial charge in [-0.15, -0.1) is 0 Å². The minimum absolute atomic E-state index is 0.262. The summed E-state index contributed by atoms with van der Waals surface area (Å²) in [6.07, 6.45) is -2.85. The molecular formula is C23H31NO9. The van der Waals surface area contributed by atoms with E-state index in [-0.39, 0.29) is 13.2 Å². The fourth-order valence-corrected chi connectivity index (χ4v) is 3.55. The van der Waals surface area contributed by atoms with Crippen LogP contribution >= 0.6 is 0 Å². The number of benzene rings is 1. The average molecular weight is 465 g/mol. The van der Waals surface area contributed by atoms with E-state index in [9.17, 15) is 19.2 Å². The highest BCUT2D eigenvalue weighted by Crippen LogP contribution is 2.28. The van der Waals surface area contributed by atoms with Gasteiger partial charge in [0.1, 0.15) is 18.8 Å². The number of carbonyl (C=O) groups is 4. The van der Waals surface area contributed by atoms with Crippen LogP contribution in [0.15, 0.2) is 30.3 Å². The Bertz CT molecular complexity index is 813. The standard InChI is InChI=1S/C23H31NO9/c1-14(25)24-20-22(32-17(4)28)21(31-16(3)27)19(13-30-15(2)26)33-23(20)29-12-8-11-18-9-6-5-7-10-18/h5-7,9-10,19-23H,8,11-13H2,1-4H3,(H,24,25). The molecule has 0 bridgehead atoms. The Morgan fingerprint density at radius 3 is 2.12 bits per heavy atom. The Morgan fingerprint density at radius 2 is 1.55 bits per heavy atom. The molecule has 1 amide bonds. The number of rotatable bonds is 10. The summed E-state index contributed by atoms with van der Waals surface area (Å²) < 4.78 is 27.7. The Balaban J connectivity index is 2.21. The summed E-state index contributed by atoms with van der Waals surface area (Å²) in [5.41, 5.74) is 1.14. The number of ether oxygens (including phenoxy) is 5. The maximum Gasteiger partial charge on any atom is 0.303 e. The molecule has 10 heteroatoms. The van der Waals surface area contributed by atoms with E-state index in [0.29, 0.717) is 6.42 Å². The van der Waals surface area contributed by atoms with Gasteiger partial charge in [-0.25, -0.2) is 0 Å². The highest BCUT2D eigenvalue weighted by molar-refractivity contribution is 5.73. The molecule has 2 rings (SSSR count). The molecule has 0 aliphatic carbocycles. The third-order valence-corrected chi connectivity index (χ3v) is 4.81. The molecule has 1 fully saturated rings. The van der Waals surface area contributed by atoms with Crippen LogP contribution in [0.4, 0.5) is 0 Å². The normalized spacial score (nSPS) is 24.4. The first kappa shape index (κ1) is 26.3. The molecule has 0 aromatic heterocycles. The molecule has 1 aliphatic heterocycles. The molecule has 5 atom stereocenters. The van der Waals surface area contributed by atoms with Crippen LogP contribution in [-0.2, 0) is 49.3 Å². The van der Waals surface area contributed by atoms with E-state index in [1.165, 1.54) is 27.7 Å². The second-order valence-electron chi connectivity index (χ2n) is 7.68. The van der Waals surface area contributed by atoms with Crippen molar-refractivity contribution in [1.82, 2.24) is 5.32 Å².